The number of carbonyl (C=O) groups is 3. The molecule has 2 aliphatic rings. The summed E-state index contributed by atoms with van der Waals surface area (Å²) in [5.74, 6) is -0.937. The summed E-state index contributed by atoms with van der Waals surface area (Å²) in [4.78, 5) is 36.3. The summed E-state index contributed by atoms with van der Waals surface area (Å²) in [7, 11) is 0. The molecule has 8 heteroatoms. The second-order valence-electron chi connectivity index (χ2n) is 8.28. The molecule has 1 atom stereocenters. The van der Waals surface area contributed by atoms with Crippen LogP contribution in [0, 0.1) is 0 Å². The molecular weight excluding hydrogens is 430 g/mol. The molecule has 32 heavy (non-hydrogen) atoms. The van der Waals surface area contributed by atoms with E-state index in [1.54, 1.807) is 25.1 Å². The van der Waals surface area contributed by atoms with Crippen LogP contribution in [0.15, 0.2) is 36.4 Å². The van der Waals surface area contributed by atoms with Crippen LogP contribution in [0.5, 0.6) is 5.75 Å². The first-order valence-electron chi connectivity index (χ1n) is 10.9. The summed E-state index contributed by atoms with van der Waals surface area (Å²) < 4.78 is 5.91. The van der Waals surface area contributed by atoms with E-state index in [1.807, 2.05) is 18.2 Å². The van der Waals surface area contributed by atoms with Gasteiger partial charge < -0.3 is 20.7 Å². The summed E-state index contributed by atoms with van der Waals surface area (Å²) in [5, 5.41) is 8.51. The number of carbonyl (C=O) groups excluding carboxylic acids is 3. The average molecular weight is 456 g/mol. The van der Waals surface area contributed by atoms with Crippen LogP contribution in [-0.2, 0) is 20.8 Å². The van der Waals surface area contributed by atoms with E-state index < -0.39 is 11.8 Å². The number of hydrogen-bond donors (Lipinski definition) is 3. The number of hydrogen-bond acceptors (Lipinski definition) is 4. The molecule has 1 heterocycles. The Labute approximate surface area is 191 Å². The van der Waals surface area contributed by atoms with Crippen LogP contribution in [0.1, 0.15) is 56.2 Å². The van der Waals surface area contributed by atoms with Gasteiger partial charge in [0.05, 0.1) is 17.2 Å². The first-order chi connectivity index (χ1) is 15.4. The number of amides is 3. The summed E-state index contributed by atoms with van der Waals surface area (Å²) in [6.07, 6.45) is 5.63. The number of nitrogens with one attached hydrogen (secondary N) is 3. The van der Waals surface area contributed by atoms with Crippen LogP contribution in [0.4, 0.5) is 11.4 Å². The third-order valence-electron chi connectivity index (χ3n) is 5.86. The zero-order valence-electron chi connectivity index (χ0n) is 17.9. The van der Waals surface area contributed by atoms with Gasteiger partial charge in [0.25, 0.3) is 0 Å². The summed E-state index contributed by atoms with van der Waals surface area (Å²) in [5.41, 5.74) is 3.09. The maximum atomic E-state index is 12.4. The Bertz CT molecular complexity index is 1050. The van der Waals surface area contributed by atoms with Crippen LogP contribution >= 0.6 is 11.6 Å². The van der Waals surface area contributed by atoms with Crippen molar-refractivity contribution in [1.29, 1.82) is 0 Å². The van der Waals surface area contributed by atoms with Gasteiger partial charge in [-0.3, -0.25) is 14.4 Å². The van der Waals surface area contributed by atoms with E-state index in [2.05, 4.69) is 16.0 Å². The van der Waals surface area contributed by atoms with Crippen molar-refractivity contribution in [2.75, 3.05) is 10.6 Å². The molecular formula is C24H26ClN3O4. The molecule has 0 bridgehead atoms. The number of ether oxygens (including phenoxy) is 1. The van der Waals surface area contributed by atoms with E-state index >= 15 is 0 Å². The highest BCUT2D eigenvalue weighted by molar-refractivity contribution is 6.40. The van der Waals surface area contributed by atoms with E-state index in [1.165, 1.54) is 0 Å². The number of halogens is 1. The molecule has 0 radical (unpaired) electrons. The van der Waals surface area contributed by atoms with Crippen LogP contribution in [0.2, 0.25) is 5.02 Å². The fraction of sp³-hybridized carbons (Fsp3) is 0.375. The first-order valence-corrected chi connectivity index (χ1v) is 11.3. The molecule has 4 rings (SSSR count). The van der Waals surface area contributed by atoms with Crippen molar-refractivity contribution in [1.82, 2.24) is 5.32 Å². The highest BCUT2D eigenvalue weighted by Gasteiger charge is 2.21. The molecule has 3 N–H and O–H groups in total. The van der Waals surface area contributed by atoms with Gasteiger partial charge in [-0.2, -0.15) is 0 Å². The fourth-order valence-electron chi connectivity index (χ4n) is 4.07. The summed E-state index contributed by atoms with van der Waals surface area (Å²) in [6, 6.07) is 10.2. The lowest BCUT2D eigenvalue weighted by molar-refractivity contribution is -0.136. The largest absolute Gasteiger partial charge is 0.489 e. The molecule has 168 valence electrons. The molecule has 1 aliphatic carbocycles. The molecule has 2 aromatic rings. The lowest BCUT2D eigenvalue weighted by Crippen LogP contribution is -2.37. The quantitative estimate of drug-likeness (QED) is 0.583. The van der Waals surface area contributed by atoms with Crippen molar-refractivity contribution < 1.29 is 19.1 Å². The molecule has 1 aliphatic heterocycles. The fourth-order valence-corrected chi connectivity index (χ4v) is 4.29. The van der Waals surface area contributed by atoms with Crippen molar-refractivity contribution in [3.05, 3.63) is 52.5 Å². The zero-order valence-corrected chi connectivity index (χ0v) is 18.6. The minimum atomic E-state index is -0.775. The van der Waals surface area contributed by atoms with Crippen LogP contribution in [-0.4, -0.2) is 23.8 Å². The molecule has 3 amide bonds. The maximum absolute atomic E-state index is 12.4. The number of benzene rings is 2. The van der Waals surface area contributed by atoms with Crippen molar-refractivity contribution >= 4 is 40.7 Å². The predicted molar refractivity (Wildman–Crippen MR) is 123 cm³/mol. The van der Waals surface area contributed by atoms with E-state index in [-0.39, 0.29) is 18.1 Å². The molecule has 7 nitrogen and oxygen atoms in total. The summed E-state index contributed by atoms with van der Waals surface area (Å²) in [6.45, 7) is 1.81. The van der Waals surface area contributed by atoms with E-state index in [0.717, 1.165) is 42.5 Å². The molecule has 2 aromatic carbocycles. The highest BCUT2D eigenvalue weighted by Crippen LogP contribution is 2.32. The average Bonchev–Trinajstić information content (AvgIpc) is 3.28. The van der Waals surface area contributed by atoms with Gasteiger partial charge in [0, 0.05) is 17.8 Å². The van der Waals surface area contributed by atoms with Gasteiger partial charge >= 0.3 is 11.8 Å². The Balaban J connectivity index is 1.34. The lowest BCUT2D eigenvalue weighted by Gasteiger charge is -2.20. The van der Waals surface area contributed by atoms with E-state index in [4.69, 9.17) is 16.3 Å². The zero-order chi connectivity index (χ0) is 22.7. The second-order valence-corrected chi connectivity index (χ2v) is 8.69. The number of aryl methyl sites for hydroxylation is 1. The van der Waals surface area contributed by atoms with Gasteiger partial charge in [-0.1, -0.05) is 23.7 Å². The minimum absolute atomic E-state index is 0.00140. The first kappa shape index (κ1) is 22.1. The molecule has 1 unspecified atom stereocenters. The third kappa shape index (κ3) is 5.22. The smallest absolute Gasteiger partial charge is 0.313 e. The van der Waals surface area contributed by atoms with Crippen LogP contribution in [0.25, 0.3) is 0 Å². The SMILES string of the molecule is CC(NC(=O)C(=O)Nc1ccc(OC2CCCC2)c(Cl)c1)c1ccc2c(c1)CCC(=O)N2. The van der Waals surface area contributed by atoms with Crippen LogP contribution < -0.4 is 20.7 Å². The Morgan fingerprint density at radius 3 is 2.62 bits per heavy atom. The van der Waals surface area contributed by atoms with Crippen molar-refractivity contribution in [3.8, 4) is 5.75 Å². The Kier molecular flexibility index (Phi) is 6.65. The molecule has 0 aromatic heterocycles. The number of fused-ring (bicyclic) bond motifs is 1. The van der Waals surface area contributed by atoms with E-state index in [9.17, 15) is 14.4 Å². The Hall–Kier alpha value is -3.06. The summed E-state index contributed by atoms with van der Waals surface area (Å²) >= 11 is 6.30. The monoisotopic (exact) mass is 455 g/mol. The van der Waals surface area contributed by atoms with E-state index in [0.29, 0.717) is 29.3 Å². The van der Waals surface area contributed by atoms with Gasteiger partial charge in [0.2, 0.25) is 5.91 Å². The normalized spacial score (nSPS) is 16.6. The number of rotatable bonds is 5. The van der Waals surface area contributed by atoms with Gasteiger partial charge in [-0.05, 0) is 74.4 Å². The Morgan fingerprint density at radius 2 is 1.88 bits per heavy atom. The highest BCUT2D eigenvalue weighted by atomic mass is 35.5. The topological polar surface area (TPSA) is 96.5 Å². The van der Waals surface area contributed by atoms with Gasteiger partial charge in [-0.15, -0.1) is 0 Å². The molecule has 0 saturated heterocycles. The van der Waals surface area contributed by atoms with Gasteiger partial charge in [-0.25, -0.2) is 0 Å². The molecule has 1 fully saturated rings. The third-order valence-corrected chi connectivity index (χ3v) is 6.16. The second kappa shape index (κ2) is 9.61. The van der Waals surface area contributed by atoms with Crippen LogP contribution in [0.3, 0.4) is 0 Å². The molecule has 0 spiro atoms. The lowest BCUT2D eigenvalue weighted by atomic mass is 9.98. The minimum Gasteiger partial charge on any atom is -0.489 e. The van der Waals surface area contributed by atoms with Crippen molar-refractivity contribution in [2.24, 2.45) is 0 Å². The van der Waals surface area contributed by atoms with Gasteiger partial charge in [0.15, 0.2) is 0 Å². The maximum Gasteiger partial charge on any atom is 0.313 e. The predicted octanol–water partition coefficient (Wildman–Crippen LogP) is 4.36. The number of anilines is 2. The van der Waals surface area contributed by atoms with Crippen molar-refractivity contribution in [2.45, 2.75) is 57.6 Å². The standard InChI is InChI=1S/C24H26ClN3O4/c1-14(15-6-9-20-16(12-15)7-11-22(29)28-20)26-23(30)24(31)27-17-8-10-21(19(25)13-17)32-18-4-2-3-5-18/h6,8-10,12-14,18H,2-5,7,11H2,1H3,(H,26,30)(H,27,31)(H,28,29). The van der Waals surface area contributed by atoms with Crippen molar-refractivity contribution in [3.63, 3.8) is 0 Å². The van der Waals surface area contributed by atoms with Gasteiger partial charge in [0.1, 0.15) is 5.75 Å². The molecule has 1 saturated carbocycles. The Morgan fingerprint density at radius 1 is 1.09 bits per heavy atom.